The quantitative estimate of drug-likeness (QED) is 0.691. The Hall–Kier alpha value is -2.73. The summed E-state index contributed by atoms with van der Waals surface area (Å²) in [6, 6.07) is 9.34. The van der Waals surface area contributed by atoms with Gasteiger partial charge in [-0.15, -0.1) is 0 Å². The van der Waals surface area contributed by atoms with E-state index in [9.17, 15) is 0 Å². The molecular weight excluding hydrogens is 342 g/mol. The van der Waals surface area contributed by atoms with E-state index in [1.54, 1.807) is 26.0 Å². The smallest absolute Gasteiger partial charge is 0.203 e. The van der Waals surface area contributed by atoms with Crippen LogP contribution in [-0.2, 0) is 0 Å². The number of rotatable bonds is 5. The van der Waals surface area contributed by atoms with Gasteiger partial charge in [0.25, 0.3) is 0 Å². The van der Waals surface area contributed by atoms with Crippen LogP contribution in [-0.4, -0.2) is 36.1 Å². The molecule has 0 amide bonds. The van der Waals surface area contributed by atoms with Crippen LogP contribution in [0.3, 0.4) is 0 Å². The SMILES string of the molecule is COc1cc(-c2ncnn2-c2cccc(Cl)c2C)cc(OC)c1OC. The molecule has 0 atom stereocenters. The van der Waals surface area contributed by atoms with Crippen LogP contribution in [0.15, 0.2) is 36.7 Å². The van der Waals surface area contributed by atoms with Gasteiger partial charge < -0.3 is 14.2 Å². The monoisotopic (exact) mass is 359 g/mol. The minimum absolute atomic E-state index is 0.527. The second-order valence-corrected chi connectivity index (χ2v) is 5.70. The van der Waals surface area contributed by atoms with Crippen molar-refractivity contribution >= 4 is 11.6 Å². The summed E-state index contributed by atoms with van der Waals surface area (Å²) in [6.07, 6.45) is 1.50. The lowest BCUT2D eigenvalue weighted by Crippen LogP contribution is -2.03. The number of hydrogen-bond donors (Lipinski definition) is 0. The highest BCUT2D eigenvalue weighted by Crippen LogP contribution is 2.41. The molecule has 0 spiro atoms. The normalized spacial score (nSPS) is 10.6. The molecule has 2 aromatic carbocycles. The number of halogens is 1. The first-order chi connectivity index (χ1) is 12.1. The first kappa shape index (κ1) is 17.1. The van der Waals surface area contributed by atoms with E-state index in [1.807, 2.05) is 37.3 Å². The van der Waals surface area contributed by atoms with Gasteiger partial charge in [0.15, 0.2) is 17.3 Å². The number of methoxy groups -OCH3 is 3. The molecular formula is C18H18ClN3O3. The summed E-state index contributed by atoms with van der Waals surface area (Å²) in [7, 11) is 4.72. The molecule has 1 aromatic heterocycles. The fourth-order valence-electron chi connectivity index (χ4n) is 2.65. The van der Waals surface area contributed by atoms with Gasteiger partial charge >= 0.3 is 0 Å². The summed E-state index contributed by atoms with van der Waals surface area (Å²) >= 11 is 6.25. The molecule has 0 fully saturated rings. The minimum atomic E-state index is 0.527. The van der Waals surface area contributed by atoms with Crippen LogP contribution < -0.4 is 14.2 Å². The van der Waals surface area contributed by atoms with Crippen LogP contribution in [0.5, 0.6) is 17.2 Å². The molecule has 130 valence electrons. The standard InChI is InChI=1S/C18H18ClN3O3/c1-11-13(19)6-5-7-14(11)22-18(20-10-21-22)12-8-15(23-2)17(25-4)16(9-12)24-3/h5-10H,1-4H3. The zero-order valence-electron chi connectivity index (χ0n) is 14.4. The minimum Gasteiger partial charge on any atom is -0.493 e. The van der Waals surface area contributed by atoms with Gasteiger partial charge in [-0.25, -0.2) is 9.67 Å². The molecule has 3 rings (SSSR count). The van der Waals surface area contributed by atoms with Crippen molar-refractivity contribution in [3.8, 4) is 34.3 Å². The molecule has 7 heteroatoms. The highest BCUT2D eigenvalue weighted by Gasteiger charge is 2.18. The van der Waals surface area contributed by atoms with Gasteiger partial charge in [0.2, 0.25) is 5.75 Å². The average Bonchev–Trinajstić information content (AvgIpc) is 3.12. The van der Waals surface area contributed by atoms with Crippen LogP contribution in [0.1, 0.15) is 5.56 Å². The molecule has 0 saturated heterocycles. The highest BCUT2D eigenvalue weighted by atomic mass is 35.5. The van der Waals surface area contributed by atoms with Gasteiger partial charge in [0, 0.05) is 10.6 Å². The molecule has 0 unspecified atom stereocenters. The maximum atomic E-state index is 6.25. The van der Waals surface area contributed by atoms with Crippen molar-refractivity contribution in [2.24, 2.45) is 0 Å². The summed E-state index contributed by atoms with van der Waals surface area (Å²) in [5.74, 6) is 2.27. The Labute approximate surface area is 150 Å². The van der Waals surface area contributed by atoms with Crippen LogP contribution >= 0.6 is 11.6 Å². The Morgan fingerprint density at radius 1 is 1.00 bits per heavy atom. The Bertz CT molecular complexity index is 883. The summed E-state index contributed by atoms with van der Waals surface area (Å²) in [5, 5.41) is 5.02. The molecule has 25 heavy (non-hydrogen) atoms. The first-order valence-corrected chi connectivity index (χ1v) is 7.94. The predicted octanol–water partition coefficient (Wildman–Crippen LogP) is 3.92. The van der Waals surface area contributed by atoms with Crippen LogP contribution in [0.25, 0.3) is 17.1 Å². The highest BCUT2D eigenvalue weighted by molar-refractivity contribution is 6.31. The number of nitrogens with zero attached hydrogens (tertiary/aromatic N) is 3. The summed E-state index contributed by atoms with van der Waals surface area (Å²) in [5.41, 5.74) is 2.56. The second-order valence-electron chi connectivity index (χ2n) is 5.29. The van der Waals surface area contributed by atoms with E-state index >= 15 is 0 Å². The fraction of sp³-hybridized carbons (Fsp3) is 0.222. The average molecular weight is 360 g/mol. The molecule has 0 aliphatic carbocycles. The van der Waals surface area contributed by atoms with Crippen molar-refractivity contribution in [1.82, 2.24) is 14.8 Å². The topological polar surface area (TPSA) is 58.4 Å². The van der Waals surface area contributed by atoms with E-state index in [-0.39, 0.29) is 0 Å². The van der Waals surface area contributed by atoms with Crippen molar-refractivity contribution in [3.05, 3.63) is 47.2 Å². The van der Waals surface area contributed by atoms with Crippen molar-refractivity contribution in [2.45, 2.75) is 6.92 Å². The largest absolute Gasteiger partial charge is 0.493 e. The Kier molecular flexibility index (Phi) is 4.81. The molecule has 3 aromatic rings. The zero-order chi connectivity index (χ0) is 18.0. The van der Waals surface area contributed by atoms with Crippen LogP contribution in [0.4, 0.5) is 0 Å². The van der Waals surface area contributed by atoms with Gasteiger partial charge in [0.05, 0.1) is 27.0 Å². The van der Waals surface area contributed by atoms with Gasteiger partial charge in [-0.1, -0.05) is 17.7 Å². The van der Waals surface area contributed by atoms with E-state index in [2.05, 4.69) is 10.1 Å². The Balaban J connectivity index is 2.19. The fourth-order valence-corrected chi connectivity index (χ4v) is 2.82. The lowest BCUT2D eigenvalue weighted by Gasteiger charge is -2.15. The molecule has 6 nitrogen and oxygen atoms in total. The van der Waals surface area contributed by atoms with Gasteiger partial charge in [-0.2, -0.15) is 5.10 Å². The van der Waals surface area contributed by atoms with Crippen molar-refractivity contribution in [1.29, 1.82) is 0 Å². The molecule has 1 heterocycles. The van der Waals surface area contributed by atoms with E-state index < -0.39 is 0 Å². The predicted molar refractivity (Wildman–Crippen MR) is 96.2 cm³/mol. The molecule has 0 saturated carbocycles. The van der Waals surface area contributed by atoms with Gasteiger partial charge in [-0.05, 0) is 36.8 Å². The Morgan fingerprint density at radius 2 is 1.68 bits per heavy atom. The summed E-state index contributed by atoms with van der Waals surface area (Å²) in [6.45, 7) is 1.94. The van der Waals surface area contributed by atoms with Crippen molar-refractivity contribution < 1.29 is 14.2 Å². The Morgan fingerprint density at radius 3 is 2.28 bits per heavy atom. The van der Waals surface area contributed by atoms with E-state index in [4.69, 9.17) is 25.8 Å². The molecule has 0 bridgehead atoms. The lowest BCUT2D eigenvalue weighted by molar-refractivity contribution is 0.324. The third kappa shape index (κ3) is 3.00. The van der Waals surface area contributed by atoms with Gasteiger partial charge in [0.1, 0.15) is 6.33 Å². The van der Waals surface area contributed by atoms with Crippen molar-refractivity contribution in [2.75, 3.05) is 21.3 Å². The number of ether oxygens (including phenoxy) is 3. The lowest BCUT2D eigenvalue weighted by atomic mass is 10.1. The third-order valence-electron chi connectivity index (χ3n) is 3.94. The molecule has 0 aliphatic heterocycles. The number of aromatic nitrogens is 3. The number of benzene rings is 2. The van der Waals surface area contributed by atoms with Gasteiger partial charge in [-0.3, -0.25) is 0 Å². The zero-order valence-corrected chi connectivity index (χ0v) is 15.2. The molecule has 0 radical (unpaired) electrons. The van der Waals surface area contributed by atoms with E-state index in [0.717, 1.165) is 16.8 Å². The summed E-state index contributed by atoms with van der Waals surface area (Å²) < 4.78 is 18.0. The van der Waals surface area contributed by atoms with Crippen LogP contribution in [0, 0.1) is 6.92 Å². The maximum Gasteiger partial charge on any atom is 0.203 e. The number of hydrogen-bond acceptors (Lipinski definition) is 5. The third-order valence-corrected chi connectivity index (χ3v) is 4.35. The van der Waals surface area contributed by atoms with Crippen LogP contribution in [0.2, 0.25) is 5.02 Å². The van der Waals surface area contributed by atoms with E-state index in [0.29, 0.717) is 28.1 Å². The molecule has 0 N–H and O–H groups in total. The van der Waals surface area contributed by atoms with Crippen molar-refractivity contribution in [3.63, 3.8) is 0 Å². The summed E-state index contributed by atoms with van der Waals surface area (Å²) in [4.78, 5) is 4.40. The second kappa shape index (κ2) is 7.03. The maximum absolute atomic E-state index is 6.25. The van der Waals surface area contributed by atoms with E-state index in [1.165, 1.54) is 6.33 Å². The first-order valence-electron chi connectivity index (χ1n) is 7.56. The molecule has 0 aliphatic rings.